The van der Waals surface area contributed by atoms with Crippen molar-refractivity contribution in [3.05, 3.63) is 36.0 Å². The lowest BCUT2D eigenvalue weighted by molar-refractivity contribution is -0.155. The van der Waals surface area contributed by atoms with Crippen LogP contribution in [-0.4, -0.2) is 33.9 Å². The molecule has 17 heavy (non-hydrogen) atoms. The van der Waals surface area contributed by atoms with Crippen LogP contribution in [0.25, 0.3) is 10.9 Å². The van der Waals surface area contributed by atoms with Gasteiger partial charge < -0.3 is 15.0 Å². The first-order valence-electron chi connectivity index (χ1n) is 5.13. The van der Waals surface area contributed by atoms with Gasteiger partial charge in [-0.15, -0.1) is 0 Å². The van der Waals surface area contributed by atoms with Crippen LogP contribution >= 0.6 is 0 Å². The molecule has 2 rings (SSSR count). The molecule has 1 amide bonds. The predicted octanol–water partition coefficient (Wildman–Crippen LogP) is 1.21. The number of carbonyl (C=O) groups excluding carboxylic acids is 1. The first kappa shape index (κ1) is 11.2. The molecule has 0 fully saturated rings. The topological polar surface area (TPSA) is 73.4 Å². The summed E-state index contributed by atoms with van der Waals surface area (Å²) in [6.07, 6.45) is 1.79. The number of H-pyrrole nitrogens is 1. The number of amides is 1. The summed E-state index contributed by atoms with van der Waals surface area (Å²) in [5, 5.41) is 9.59. The molecule has 0 aliphatic heterocycles. The zero-order valence-electron chi connectivity index (χ0n) is 9.30. The number of carboxylic acid groups (broad SMARTS) is 1. The van der Waals surface area contributed by atoms with E-state index in [-0.39, 0.29) is 6.54 Å². The normalized spacial score (nSPS) is 10.4. The Morgan fingerprint density at radius 2 is 2.06 bits per heavy atom. The summed E-state index contributed by atoms with van der Waals surface area (Å²) < 4.78 is 0. The standard InChI is InChI=1S/C12H12N2O3/c1-14(11(15)12(16)17)7-8-6-13-10-5-3-2-4-9(8)10/h2-6,13H,7H2,1H3,(H,16,17). The number of benzene rings is 1. The summed E-state index contributed by atoms with van der Waals surface area (Å²) in [6.45, 7) is 0.273. The third-order valence-corrected chi connectivity index (χ3v) is 2.61. The van der Waals surface area contributed by atoms with Gasteiger partial charge in [0.2, 0.25) is 0 Å². The number of carbonyl (C=O) groups is 2. The van der Waals surface area contributed by atoms with Crippen molar-refractivity contribution in [3.63, 3.8) is 0 Å². The highest BCUT2D eigenvalue weighted by molar-refractivity contribution is 6.31. The molecule has 2 aromatic rings. The van der Waals surface area contributed by atoms with Crippen LogP contribution in [0.3, 0.4) is 0 Å². The maximum atomic E-state index is 11.2. The van der Waals surface area contributed by atoms with Gasteiger partial charge in [0.15, 0.2) is 0 Å². The maximum absolute atomic E-state index is 11.2. The van der Waals surface area contributed by atoms with Gasteiger partial charge in [-0.1, -0.05) is 18.2 Å². The van der Waals surface area contributed by atoms with Crippen LogP contribution in [0, 0.1) is 0 Å². The number of carboxylic acids is 1. The van der Waals surface area contributed by atoms with Gasteiger partial charge >= 0.3 is 11.9 Å². The number of nitrogens with zero attached hydrogens (tertiary/aromatic N) is 1. The SMILES string of the molecule is CN(Cc1c[nH]c2ccccc12)C(=O)C(=O)O. The van der Waals surface area contributed by atoms with E-state index < -0.39 is 11.9 Å². The summed E-state index contributed by atoms with van der Waals surface area (Å²) in [5.74, 6) is -2.34. The van der Waals surface area contributed by atoms with Gasteiger partial charge in [0.05, 0.1) is 0 Å². The Hall–Kier alpha value is -2.30. The molecule has 0 aliphatic rings. The van der Waals surface area contributed by atoms with Gasteiger partial charge in [-0.3, -0.25) is 4.79 Å². The van der Waals surface area contributed by atoms with E-state index in [9.17, 15) is 9.59 Å². The van der Waals surface area contributed by atoms with E-state index in [1.165, 1.54) is 11.9 Å². The average molecular weight is 232 g/mol. The van der Waals surface area contributed by atoms with E-state index in [0.29, 0.717) is 0 Å². The monoisotopic (exact) mass is 232 g/mol. The Bertz CT molecular complexity index is 574. The van der Waals surface area contributed by atoms with Crippen LogP contribution in [0.4, 0.5) is 0 Å². The van der Waals surface area contributed by atoms with Crippen molar-refractivity contribution in [1.29, 1.82) is 0 Å². The summed E-state index contributed by atoms with van der Waals surface area (Å²) in [6, 6.07) is 7.67. The zero-order valence-corrected chi connectivity index (χ0v) is 9.30. The van der Waals surface area contributed by atoms with Gasteiger partial charge in [-0.25, -0.2) is 4.79 Å². The number of fused-ring (bicyclic) bond motifs is 1. The molecule has 0 spiro atoms. The van der Waals surface area contributed by atoms with E-state index in [4.69, 9.17) is 5.11 Å². The molecule has 0 bridgehead atoms. The fourth-order valence-electron chi connectivity index (χ4n) is 1.75. The largest absolute Gasteiger partial charge is 0.474 e. The van der Waals surface area contributed by atoms with Gasteiger partial charge in [0, 0.05) is 30.7 Å². The van der Waals surface area contributed by atoms with Crippen LogP contribution in [-0.2, 0) is 16.1 Å². The smallest absolute Gasteiger partial charge is 0.394 e. The summed E-state index contributed by atoms with van der Waals surface area (Å²) >= 11 is 0. The van der Waals surface area contributed by atoms with Crippen molar-refractivity contribution in [1.82, 2.24) is 9.88 Å². The van der Waals surface area contributed by atoms with Crippen molar-refractivity contribution in [2.24, 2.45) is 0 Å². The molecule has 0 saturated heterocycles. The Kier molecular flexibility index (Phi) is 2.82. The molecule has 0 aliphatic carbocycles. The van der Waals surface area contributed by atoms with Crippen LogP contribution in [0.5, 0.6) is 0 Å². The molecule has 0 radical (unpaired) electrons. The highest BCUT2D eigenvalue weighted by Crippen LogP contribution is 2.18. The van der Waals surface area contributed by atoms with Crippen molar-refractivity contribution < 1.29 is 14.7 Å². The molecule has 1 aromatic carbocycles. The van der Waals surface area contributed by atoms with Gasteiger partial charge in [-0.05, 0) is 11.6 Å². The third-order valence-electron chi connectivity index (χ3n) is 2.61. The molecule has 5 heteroatoms. The van der Waals surface area contributed by atoms with Gasteiger partial charge in [0.25, 0.3) is 0 Å². The minimum atomic E-state index is -1.44. The number of likely N-dealkylation sites (N-methyl/N-ethyl adjacent to an activating group) is 1. The molecule has 88 valence electrons. The van der Waals surface area contributed by atoms with Gasteiger partial charge in [0.1, 0.15) is 0 Å². The lowest BCUT2D eigenvalue weighted by Crippen LogP contribution is -2.32. The van der Waals surface area contributed by atoms with E-state index >= 15 is 0 Å². The van der Waals surface area contributed by atoms with Crippen LogP contribution in [0.1, 0.15) is 5.56 Å². The predicted molar refractivity (Wildman–Crippen MR) is 62.4 cm³/mol. The fraction of sp³-hybridized carbons (Fsp3) is 0.167. The molecule has 2 N–H and O–H groups in total. The molecule has 1 heterocycles. The van der Waals surface area contributed by atoms with Crippen molar-refractivity contribution in [3.8, 4) is 0 Å². The summed E-state index contributed by atoms with van der Waals surface area (Å²) in [7, 11) is 1.47. The first-order chi connectivity index (χ1) is 8.09. The molecule has 5 nitrogen and oxygen atoms in total. The second-order valence-electron chi connectivity index (χ2n) is 3.83. The quantitative estimate of drug-likeness (QED) is 0.764. The lowest BCUT2D eigenvalue weighted by Gasteiger charge is -2.13. The Morgan fingerprint density at radius 1 is 1.35 bits per heavy atom. The fourth-order valence-corrected chi connectivity index (χ4v) is 1.75. The first-order valence-corrected chi connectivity index (χ1v) is 5.13. The highest BCUT2D eigenvalue weighted by atomic mass is 16.4. The molecule has 0 saturated carbocycles. The molecule has 0 unspecified atom stereocenters. The van der Waals surface area contributed by atoms with Crippen LogP contribution in [0.15, 0.2) is 30.5 Å². The van der Waals surface area contributed by atoms with Crippen molar-refractivity contribution >= 4 is 22.8 Å². The Labute approximate surface area is 97.7 Å². The minimum absolute atomic E-state index is 0.273. The summed E-state index contributed by atoms with van der Waals surface area (Å²) in [5.41, 5.74) is 1.87. The van der Waals surface area contributed by atoms with E-state index in [1.54, 1.807) is 6.20 Å². The number of aromatic amines is 1. The van der Waals surface area contributed by atoms with Crippen LogP contribution in [0.2, 0.25) is 0 Å². The van der Waals surface area contributed by atoms with Crippen molar-refractivity contribution in [2.45, 2.75) is 6.54 Å². The number of nitrogens with one attached hydrogen (secondary N) is 1. The number of para-hydroxylation sites is 1. The number of rotatable bonds is 2. The third kappa shape index (κ3) is 2.13. The van der Waals surface area contributed by atoms with Crippen LogP contribution < -0.4 is 0 Å². The van der Waals surface area contributed by atoms with E-state index in [2.05, 4.69) is 4.98 Å². The van der Waals surface area contributed by atoms with E-state index in [1.807, 2.05) is 24.3 Å². The Morgan fingerprint density at radius 3 is 2.76 bits per heavy atom. The Balaban J connectivity index is 2.24. The second-order valence-corrected chi connectivity index (χ2v) is 3.83. The maximum Gasteiger partial charge on any atom is 0.394 e. The van der Waals surface area contributed by atoms with Gasteiger partial charge in [-0.2, -0.15) is 0 Å². The summed E-state index contributed by atoms with van der Waals surface area (Å²) in [4.78, 5) is 26.0. The second kappa shape index (κ2) is 4.29. The molecular weight excluding hydrogens is 220 g/mol. The van der Waals surface area contributed by atoms with Crippen molar-refractivity contribution in [2.75, 3.05) is 7.05 Å². The number of hydrogen-bond acceptors (Lipinski definition) is 2. The molecular formula is C12H12N2O3. The lowest BCUT2D eigenvalue weighted by atomic mass is 10.1. The molecule has 1 aromatic heterocycles. The number of hydrogen-bond donors (Lipinski definition) is 2. The minimum Gasteiger partial charge on any atom is -0.474 e. The van der Waals surface area contributed by atoms with E-state index in [0.717, 1.165) is 16.5 Å². The average Bonchev–Trinajstić information content (AvgIpc) is 2.71. The molecule has 0 atom stereocenters. The number of aromatic nitrogens is 1. The zero-order chi connectivity index (χ0) is 12.4. The highest BCUT2D eigenvalue weighted by Gasteiger charge is 2.18. The number of aliphatic carboxylic acids is 1.